The van der Waals surface area contributed by atoms with Crippen molar-refractivity contribution in [3.05, 3.63) is 26.9 Å². The first-order valence-corrected chi connectivity index (χ1v) is 6.49. The molecule has 2 heterocycles. The lowest BCUT2D eigenvalue weighted by Crippen LogP contribution is -2.10. The van der Waals surface area contributed by atoms with Gasteiger partial charge in [0.2, 0.25) is 0 Å². The number of aryl methyl sites for hydroxylation is 1. The molecule has 0 aliphatic rings. The van der Waals surface area contributed by atoms with Crippen molar-refractivity contribution in [3.63, 3.8) is 0 Å². The van der Waals surface area contributed by atoms with E-state index < -0.39 is 11.9 Å². The van der Waals surface area contributed by atoms with Crippen LogP contribution in [-0.4, -0.2) is 4.98 Å². The van der Waals surface area contributed by atoms with Gasteiger partial charge in [0.15, 0.2) is 5.69 Å². The molecule has 0 radical (unpaired) electrons. The zero-order valence-corrected chi connectivity index (χ0v) is 10.5. The summed E-state index contributed by atoms with van der Waals surface area (Å²) in [7, 11) is 0. The van der Waals surface area contributed by atoms with Crippen molar-refractivity contribution in [2.75, 3.05) is 0 Å². The molecule has 17 heavy (non-hydrogen) atoms. The molecule has 0 bridgehead atoms. The Morgan fingerprint density at radius 2 is 2.06 bits per heavy atom. The highest BCUT2D eigenvalue weighted by Crippen LogP contribution is 2.38. The third-order valence-corrected chi connectivity index (χ3v) is 4.21. The first kappa shape index (κ1) is 12.5. The topological polar surface area (TPSA) is 38.9 Å². The molecule has 0 saturated heterocycles. The zero-order valence-electron chi connectivity index (χ0n) is 8.84. The third kappa shape index (κ3) is 2.36. The number of nitrogens with two attached hydrogens (primary N) is 1. The van der Waals surface area contributed by atoms with Crippen LogP contribution in [0, 0.1) is 6.92 Å². The van der Waals surface area contributed by atoms with E-state index in [0.29, 0.717) is 5.01 Å². The second-order valence-electron chi connectivity index (χ2n) is 3.46. The molecule has 0 aliphatic carbocycles. The minimum atomic E-state index is -4.44. The number of halogens is 3. The summed E-state index contributed by atoms with van der Waals surface area (Å²) in [6.45, 7) is 1.71. The molecule has 7 heteroatoms. The van der Waals surface area contributed by atoms with Gasteiger partial charge in [0.05, 0.1) is 4.88 Å². The SMILES string of the molecule is Cc1cscc1-c1nc(C(F)(F)F)c(CN)s1. The molecule has 2 N–H and O–H groups in total. The van der Waals surface area contributed by atoms with Gasteiger partial charge in [-0.1, -0.05) is 0 Å². The maximum absolute atomic E-state index is 12.7. The molecule has 2 rings (SSSR count). The van der Waals surface area contributed by atoms with Gasteiger partial charge in [-0.05, 0) is 17.9 Å². The minimum Gasteiger partial charge on any atom is -0.326 e. The summed E-state index contributed by atoms with van der Waals surface area (Å²) in [6.07, 6.45) is -4.44. The third-order valence-electron chi connectivity index (χ3n) is 2.24. The summed E-state index contributed by atoms with van der Waals surface area (Å²) in [5, 5.41) is 4.07. The van der Waals surface area contributed by atoms with Crippen LogP contribution in [0.15, 0.2) is 10.8 Å². The predicted molar refractivity (Wildman–Crippen MR) is 63.1 cm³/mol. The summed E-state index contributed by atoms with van der Waals surface area (Å²) < 4.78 is 38.0. The lowest BCUT2D eigenvalue weighted by Gasteiger charge is -2.03. The van der Waals surface area contributed by atoms with Gasteiger partial charge in [-0.15, -0.1) is 11.3 Å². The fraction of sp³-hybridized carbons (Fsp3) is 0.300. The standard InChI is InChI=1S/C10H9F3N2S2/c1-5-3-16-4-6(5)9-15-8(10(11,12)13)7(2-14)17-9/h3-4H,2,14H2,1H3. The Morgan fingerprint density at radius 3 is 2.47 bits per heavy atom. The molecule has 2 aromatic heterocycles. The van der Waals surface area contributed by atoms with Crippen molar-refractivity contribution in [2.45, 2.75) is 19.6 Å². The number of alkyl halides is 3. The van der Waals surface area contributed by atoms with E-state index in [0.717, 1.165) is 22.5 Å². The Balaban J connectivity index is 2.52. The van der Waals surface area contributed by atoms with Crippen LogP contribution in [0.3, 0.4) is 0 Å². The molecule has 2 nitrogen and oxygen atoms in total. The molecule has 0 fully saturated rings. The molecule has 0 aromatic carbocycles. The van der Waals surface area contributed by atoms with Crippen molar-refractivity contribution < 1.29 is 13.2 Å². The first-order valence-electron chi connectivity index (χ1n) is 4.73. The van der Waals surface area contributed by atoms with Crippen molar-refractivity contribution >= 4 is 22.7 Å². The predicted octanol–water partition coefficient (Wildman–Crippen LogP) is 3.66. The van der Waals surface area contributed by atoms with Crippen LogP contribution in [-0.2, 0) is 12.7 Å². The average molecular weight is 278 g/mol. The van der Waals surface area contributed by atoms with Gasteiger partial charge in [-0.2, -0.15) is 24.5 Å². The fourth-order valence-electron chi connectivity index (χ4n) is 1.41. The molecule has 2 aromatic rings. The number of hydrogen-bond acceptors (Lipinski definition) is 4. The molecular weight excluding hydrogens is 269 g/mol. The fourth-order valence-corrected chi connectivity index (χ4v) is 3.36. The molecule has 0 spiro atoms. The van der Waals surface area contributed by atoms with Crippen LogP contribution in [0.5, 0.6) is 0 Å². The first-order chi connectivity index (χ1) is 7.93. The summed E-state index contributed by atoms with van der Waals surface area (Å²) in [5.74, 6) is 0. The van der Waals surface area contributed by atoms with Crippen molar-refractivity contribution in [1.29, 1.82) is 0 Å². The van der Waals surface area contributed by atoms with E-state index in [-0.39, 0.29) is 11.4 Å². The maximum atomic E-state index is 12.7. The van der Waals surface area contributed by atoms with Crippen LogP contribution in [0.25, 0.3) is 10.6 Å². The number of nitrogens with zero attached hydrogens (tertiary/aromatic N) is 1. The van der Waals surface area contributed by atoms with Gasteiger partial charge in [0, 0.05) is 17.5 Å². The van der Waals surface area contributed by atoms with Crippen LogP contribution < -0.4 is 5.73 Å². The van der Waals surface area contributed by atoms with E-state index >= 15 is 0 Å². The monoisotopic (exact) mass is 278 g/mol. The van der Waals surface area contributed by atoms with E-state index in [2.05, 4.69) is 4.98 Å². The van der Waals surface area contributed by atoms with Crippen molar-refractivity contribution in [1.82, 2.24) is 4.98 Å². The van der Waals surface area contributed by atoms with E-state index in [9.17, 15) is 13.2 Å². The van der Waals surface area contributed by atoms with Crippen LogP contribution in [0.1, 0.15) is 16.1 Å². The Morgan fingerprint density at radius 1 is 1.35 bits per heavy atom. The average Bonchev–Trinajstić information content (AvgIpc) is 2.81. The highest BCUT2D eigenvalue weighted by Gasteiger charge is 2.37. The summed E-state index contributed by atoms with van der Waals surface area (Å²) in [4.78, 5) is 3.76. The van der Waals surface area contributed by atoms with Gasteiger partial charge in [-0.25, -0.2) is 4.98 Å². The lowest BCUT2D eigenvalue weighted by atomic mass is 10.2. The largest absolute Gasteiger partial charge is 0.434 e. The second-order valence-corrected chi connectivity index (χ2v) is 5.29. The normalized spacial score (nSPS) is 12.1. The molecule has 0 saturated carbocycles. The van der Waals surface area contributed by atoms with Gasteiger partial charge >= 0.3 is 6.18 Å². The van der Waals surface area contributed by atoms with Crippen molar-refractivity contribution in [3.8, 4) is 10.6 Å². The van der Waals surface area contributed by atoms with E-state index in [1.54, 1.807) is 5.38 Å². The molecule has 92 valence electrons. The van der Waals surface area contributed by atoms with Gasteiger partial charge in [0.1, 0.15) is 5.01 Å². The molecule has 0 aliphatic heterocycles. The quantitative estimate of drug-likeness (QED) is 0.910. The van der Waals surface area contributed by atoms with Gasteiger partial charge in [-0.3, -0.25) is 0 Å². The molecule has 0 atom stereocenters. The smallest absolute Gasteiger partial charge is 0.326 e. The Labute approximate surface area is 104 Å². The molecular formula is C10H9F3N2S2. The van der Waals surface area contributed by atoms with E-state index in [4.69, 9.17) is 5.73 Å². The highest BCUT2D eigenvalue weighted by molar-refractivity contribution is 7.15. The van der Waals surface area contributed by atoms with Gasteiger partial charge < -0.3 is 5.73 Å². The zero-order chi connectivity index (χ0) is 12.6. The van der Waals surface area contributed by atoms with Crippen LogP contribution in [0.2, 0.25) is 0 Å². The molecule has 0 unspecified atom stereocenters. The Kier molecular flexibility index (Phi) is 3.24. The minimum absolute atomic E-state index is 0.0816. The Bertz CT molecular complexity index is 528. The number of thiophene rings is 1. The van der Waals surface area contributed by atoms with Crippen LogP contribution >= 0.6 is 22.7 Å². The summed E-state index contributed by atoms with van der Waals surface area (Å²) >= 11 is 2.45. The number of aromatic nitrogens is 1. The van der Waals surface area contributed by atoms with E-state index in [1.807, 2.05) is 12.3 Å². The lowest BCUT2D eigenvalue weighted by molar-refractivity contribution is -0.141. The maximum Gasteiger partial charge on any atom is 0.434 e. The Hall–Kier alpha value is -0.920. The van der Waals surface area contributed by atoms with Gasteiger partial charge in [0.25, 0.3) is 0 Å². The number of hydrogen-bond donors (Lipinski definition) is 1. The van der Waals surface area contributed by atoms with E-state index in [1.165, 1.54) is 11.3 Å². The number of rotatable bonds is 2. The van der Waals surface area contributed by atoms with Crippen LogP contribution in [0.4, 0.5) is 13.2 Å². The highest BCUT2D eigenvalue weighted by atomic mass is 32.1. The molecule has 0 amide bonds. The number of thiazole rings is 1. The summed E-state index contributed by atoms with van der Waals surface area (Å²) in [5.41, 5.74) is 6.16. The second kappa shape index (κ2) is 4.40. The summed E-state index contributed by atoms with van der Waals surface area (Å²) in [6, 6.07) is 0. The van der Waals surface area contributed by atoms with Crippen molar-refractivity contribution in [2.24, 2.45) is 5.73 Å².